The van der Waals surface area contributed by atoms with Crippen molar-refractivity contribution in [2.45, 2.75) is 39.9 Å². The number of nitrogens with zero attached hydrogens (tertiary/aromatic N) is 5. The first-order valence-electron chi connectivity index (χ1n) is 10.2. The molecule has 4 heterocycles. The van der Waals surface area contributed by atoms with Crippen molar-refractivity contribution in [3.8, 4) is 0 Å². The molecule has 1 aliphatic heterocycles. The van der Waals surface area contributed by atoms with Gasteiger partial charge in [-0.05, 0) is 24.5 Å². The summed E-state index contributed by atoms with van der Waals surface area (Å²) in [7, 11) is 1.94. The van der Waals surface area contributed by atoms with Crippen LogP contribution >= 0.6 is 0 Å². The number of rotatable bonds is 6. The molecule has 162 valence electrons. The summed E-state index contributed by atoms with van der Waals surface area (Å²) in [5.74, 6) is 0.425. The second kappa shape index (κ2) is 8.33. The molecule has 0 fully saturated rings. The smallest absolute Gasteiger partial charge is 0.247 e. The Labute approximate surface area is 180 Å². The zero-order valence-electron chi connectivity index (χ0n) is 18.1. The average Bonchev–Trinajstić information content (AvgIpc) is 3.16. The fourth-order valence-electron chi connectivity index (χ4n) is 3.92. The van der Waals surface area contributed by atoms with Gasteiger partial charge in [0.05, 0.1) is 29.8 Å². The molecule has 8 nitrogen and oxygen atoms in total. The van der Waals surface area contributed by atoms with Crippen molar-refractivity contribution in [2.75, 3.05) is 22.6 Å². The van der Waals surface area contributed by atoms with Gasteiger partial charge >= 0.3 is 0 Å². The lowest BCUT2D eigenvalue weighted by Gasteiger charge is -2.38. The van der Waals surface area contributed by atoms with Crippen LogP contribution in [0.3, 0.4) is 0 Å². The zero-order chi connectivity index (χ0) is 22.1. The van der Waals surface area contributed by atoms with Crippen LogP contribution in [0.2, 0.25) is 0 Å². The third-order valence-corrected chi connectivity index (χ3v) is 5.42. The maximum atomic E-state index is 13.0. The Kier molecular flexibility index (Phi) is 5.58. The third-order valence-electron chi connectivity index (χ3n) is 5.42. The number of hydrogen-bond acceptors (Lipinski definition) is 6. The Morgan fingerprint density at radius 1 is 1.26 bits per heavy atom. The number of anilines is 3. The number of pyridine rings is 2. The van der Waals surface area contributed by atoms with Crippen LogP contribution in [0.15, 0.2) is 36.8 Å². The minimum Gasteiger partial charge on any atom is -0.366 e. The summed E-state index contributed by atoms with van der Waals surface area (Å²) >= 11 is 0. The summed E-state index contributed by atoms with van der Waals surface area (Å²) in [6.45, 7) is 7.04. The van der Waals surface area contributed by atoms with Gasteiger partial charge in [0, 0.05) is 37.6 Å². The monoisotopic (exact) mass is 423 g/mol. The number of hydrogen-bond donors (Lipinski definition) is 2. The highest BCUT2D eigenvalue weighted by molar-refractivity contribution is 6.04. The fraction of sp³-hybridized carbons (Fsp3) is 0.364. The molecule has 31 heavy (non-hydrogen) atoms. The van der Waals surface area contributed by atoms with Crippen molar-refractivity contribution in [2.24, 2.45) is 5.92 Å². The van der Waals surface area contributed by atoms with Gasteiger partial charge in [-0.2, -0.15) is 9.49 Å². The number of carbonyl (C=O) groups excluding carboxylic acids is 1. The number of halogens is 1. The first-order valence-corrected chi connectivity index (χ1v) is 10.2. The van der Waals surface area contributed by atoms with E-state index in [1.807, 2.05) is 45.0 Å². The Morgan fingerprint density at radius 2 is 2.06 bits per heavy atom. The van der Waals surface area contributed by atoms with Crippen molar-refractivity contribution >= 4 is 23.1 Å². The van der Waals surface area contributed by atoms with E-state index in [-0.39, 0.29) is 17.9 Å². The number of aryl methyl sites for hydroxylation is 1. The molecule has 0 aromatic carbocycles. The Bertz CT molecular complexity index is 1090. The molecule has 4 rings (SSSR count). The normalized spacial score (nSPS) is 15.7. The lowest BCUT2D eigenvalue weighted by atomic mass is 9.98. The van der Waals surface area contributed by atoms with Gasteiger partial charge in [0.25, 0.3) is 0 Å². The highest BCUT2D eigenvalue weighted by Gasteiger charge is 2.34. The molecule has 1 atom stereocenters. The van der Waals surface area contributed by atoms with Gasteiger partial charge in [0.15, 0.2) is 0 Å². The number of fused-ring (bicyclic) bond motifs is 1. The molecule has 0 saturated heterocycles. The minimum absolute atomic E-state index is 0.000576. The third kappa shape index (κ3) is 4.35. The van der Waals surface area contributed by atoms with E-state index in [1.165, 1.54) is 12.3 Å². The number of carbonyl (C=O) groups is 1. The van der Waals surface area contributed by atoms with E-state index < -0.39 is 5.95 Å². The van der Waals surface area contributed by atoms with Crippen molar-refractivity contribution < 1.29 is 9.18 Å². The molecular formula is C22H26FN7O. The van der Waals surface area contributed by atoms with Crippen molar-refractivity contribution in [1.82, 2.24) is 19.7 Å². The number of likely N-dealkylation sites (N-methyl/N-ethyl adjacent to an activating group) is 1. The van der Waals surface area contributed by atoms with Crippen LogP contribution in [-0.2, 0) is 17.9 Å². The molecular weight excluding hydrogens is 397 g/mol. The standard InChI is InChI=1S/C22H26FN7O/c1-13(2)21-22(31)28-20-14(3)27-19(7-17(20)29(21)4)25-9-16-10-26-30(12-16)11-15-5-6-18(23)24-8-15/h5-8,10,12-13,21H,9,11H2,1-4H3,(H,25,27)(H,28,31)/t21-/m0/s1. The average molecular weight is 423 g/mol. The van der Waals surface area contributed by atoms with Gasteiger partial charge < -0.3 is 15.5 Å². The SMILES string of the molecule is Cc1nc(NCc2cnn(Cc3ccc(F)nc3)c2)cc2c1NC(=O)[C@H](C(C)C)N2C. The van der Waals surface area contributed by atoms with Gasteiger partial charge in [0.1, 0.15) is 11.9 Å². The number of amides is 1. The van der Waals surface area contributed by atoms with E-state index in [1.54, 1.807) is 16.9 Å². The molecule has 0 aliphatic carbocycles. The van der Waals surface area contributed by atoms with E-state index in [4.69, 9.17) is 0 Å². The summed E-state index contributed by atoms with van der Waals surface area (Å²) in [6, 6.07) is 4.78. The van der Waals surface area contributed by atoms with Crippen LogP contribution in [0.5, 0.6) is 0 Å². The van der Waals surface area contributed by atoms with Gasteiger partial charge in [-0.25, -0.2) is 9.97 Å². The van der Waals surface area contributed by atoms with Gasteiger partial charge in [0.2, 0.25) is 11.9 Å². The lowest BCUT2D eigenvalue weighted by Crippen LogP contribution is -2.49. The van der Waals surface area contributed by atoms with Gasteiger partial charge in [-0.3, -0.25) is 9.48 Å². The number of aromatic nitrogens is 4. The van der Waals surface area contributed by atoms with Crippen LogP contribution in [0, 0.1) is 18.8 Å². The maximum Gasteiger partial charge on any atom is 0.247 e. The van der Waals surface area contributed by atoms with E-state index in [0.717, 1.165) is 34.0 Å². The Morgan fingerprint density at radius 3 is 2.77 bits per heavy atom. The first-order chi connectivity index (χ1) is 14.8. The maximum absolute atomic E-state index is 13.0. The van der Waals surface area contributed by atoms with Crippen LogP contribution in [0.1, 0.15) is 30.7 Å². The summed E-state index contributed by atoms with van der Waals surface area (Å²) in [4.78, 5) is 22.8. The number of nitrogens with one attached hydrogen (secondary N) is 2. The van der Waals surface area contributed by atoms with E-state index in [9.17, 15) is 9.18 Å². The summed E-state index contributed by atoms with van der Waals surface area (Å²) in [6.07, 6.45) is 5.23. The molecule has 0 saturated carbocycles. The minimum atomic E-state index is -0.494. The molecule has 0 spiro atoms. The molecule has 9 heteroatoms. The Balaban J connectivity index is 1.46. The predicted octanol–water partition coefficient (Wildman–Crippen LogP) is 3.19. The molecule has 0 bridgehead atoms. The van der Waals surface area contributed by atoms with E-state index >= 15 is 0 Å². The highest BCUT2D eigenvalue weighted by Crippen LogP contribution is 2.36. The first kappa shape index (κ1) is 20.8. The zero-order valence-corrected chi connectivity index (χ0v) is 18.1. The predicted molar refractivity (Wildman–Crippen MR) is 117 cm³/mol. The van der Waals surface area contributed by atoms with E-state index in [2.05, 4.69) is 25.7 Å². The van der Waals surface area contributed by atoms with Crippen LogP contribution in [0.25, 0.3) is 0 Å². The summed E-state index contributed by atoms with van der Waals surface area (Å²) in [5.41, 5.74) is 4.35. The largest absolute Gasteiger partial charge is 0.366 e. The molecule has 1 amide bonds. The van der Waals surface area contributed by atoms with Crippen molar-refractivity contribution in [1.29, 1.82) is 0 Å². The fourth-order valence-corrected chi connectivity index (χ4v) is 3.92. The van der Waals surface area contributed by atoms with Crippen molar-refractivity contribution in [3.05, 3.63) is 59.6 Å². The van der Waals surface area contributed by atoms with Gasteiger partial charge in [-0.1, -0.05) is 19.9 Å². The Hall–Kier alpha value is -3.49. The van der Waals surface area contributed by atoms with E-state index in [0.29, 0.717) is 13.1 Å². The molecule has 3 aromatic heterocycles. The van der Waals surface area contributed by atoms with Crippen LogP contribution in [0.4, 0.5) is 21.6 Å². The van der Waals surface area contributed by atoms with Crippen molar-refractivity contribution in [3.63, 3.8) is 0 Å². The van der Waals surface area contributed by atoms with Crippen LogP contribution < -0.4 is 15.5 Å². The summed E-state index contributed by atoms with van der Waals surface area (Å²) in [5, 5.41) is 10.7. The highest BCUT2D eigenvalue weighted by atomic mass is 19.1. The quantitative estimate of drug-likeness (QED) is 0.592. The molecule has 3 aromatic rings. The topological polar surface area (TPSA) is 88.0 Å². The summed E-state index contributed by atoms with van der Waals surface area (Å²) < 4.78 is 14.7. The second-order valence-corrected chi connectivity index (χ2v) is 8.16. The second-order valence-electron chi connectivity index (χ2n) is 8.16. The van der Waals surface area contributed by atoms with Gasteiger partial charge in [-0.15, -0.1) is 0 Å². The molecule has 1 aliphatic rings. The molecule has 2 N–H and O–H groups in total. The molecule has 0 radical (unpaired) electrons. The lowest BCUT2D eigenvalue weighted by molar-refractivity contribution is -0.118. The molecule has 0 unspecified atom stereocenters. The van der Waals surface area contributed by atoms with Crippen LogP contribution in [-0.4, -0.2) is 38.7 Å².